The van der Waals surface area contributed by atoms with Crippen molar-refractivity contribution in [3.63, 3.8) is 0 Å². The molecule has 1 aromatic heterocycles. The standard InChI is InChI=1S/C23H27BN4O7/c1-14(2)10-19(24-34-18(12-20(29)30)23(33)35-24)28-21(31)16(11-15-6-4-3-5-7-15)27-22(32)17-13-25-8-9-26-17/h3-9,13-14,16,18-19H,10-12H2,1-2H3,(H,27,32)(H,28,31)(H,29,30)/t16?,18?,19-/m0/s1. The maximum Gasteiger partial charge on any atom is 0.552 e. The number of nitrogens with one attached hydrogen (secondary N) is 2. The highest BCUT2D eigenvalue weighted by atomic mass is 16.7. The second kappa shape index (κ2) is 12.1. The van der Waals surface area contributed by atoms with Crippen LogP contribution in [0, 0.1) is 5.92 Å². The first-order chi connectivity index (χ1) is 16.7. The Morgan fingerprint density at radius 3 is 2.51 bits per heavy atom. The molecule has 12 heteroatoms. The molecule has 2 heterocycles. The molecule has 0 saturated carbocycles. The zero-order chi connectivity index (χ0) is 25.4. The Morgan fingerprint density at radius 1 is 1.14 bits per heavy atom. The summed E-state index contributed by atoms with van der Waals surface area (Å²) in [4.78, 5) is 57.0. The zero-order valence-corrected chi connectivity index (χ0v) is 19.4. The number of benzene rings is 1. The summed E-state index contributed by atoms with van der Waals surface area (Å²) in [5.74, 6) is -3.75. The van der Waals surface area contributed by atoms with Gasteiger partial charge < -0.3 is 25.0 Å². The van der Waals surface area contributed by atoms with E-state index >= 15 is 0 Å². The van der Waals surface area contributed by atoms with E-state index in [2.05, 4.69) is 20.6 Å². The predicted octanol–water partition coefficient (Wildman–Crippen LogP) is 0.793. The molecule has 1 aliphatic rings. The molecule has 0 spiro atoms. The van der Waals surface area contributed by atoms with E-state index in [0.717, 1.165) is 5.56 Å². The molecule has 1 fully saturated rings. The molecule has 3 atom stereocenters. The van der Waals surface area contributed by atoms with Crippen molar-refractivity contribution < 1.29 is 33.6 Å². The van der Waals surface area contributed by atoms with E-state index in [4.69, 9.17) is 14.4 Å². The number of carbonyl (C=O) groups is 4. The SMILES string of the molecule is CC(C)C[C@H](NC(=O)C(Cc1ccccc1)NC(=O)c1cnccn1)B1OC(=O)C(CC(=O)O)O1. The lowest BCUT2D eigenvalue weighted by Gasteiger charge is -2.25. The molecule has 3 N–H and O–H groups in total. The maximum absolute atomic E-state index is 13.4. The molecular weight excluding hydrogens is 455 g/mol. The highest BCUT2D eigenvalue weighted by Crippen LogP contribution is 2.20. The van der Waals surface area contributed by atoms with Crippen LogP contribution in [-0.2, 0) is 30.1 Å². The van der Waals surface area contributed by atoms with E-state index in [1.54, 1.807) is 0 Å². The molecule has 184 valence electrons. The first-order valence-electron chi connectivity index (χ1n) is 11.2. The smallest absolute Gasteiger partial charge is 0.506 e. The minimum absolute atomic E-state index is 0.0571. The normalized spacial score (nSPS) is 16.9. The minimum Gasteiger partial charge on any atom is -0.506 e. The number of aromatic nitrogens is 2. The quantitative estimate of drug-likeness (QED) is 0.394. The second-order valence-electron chi connectivity index (χ2n) is 8.58. The van der Waals surface area contributed by atoms with Crippen LogP contribution in [-0.4, -0.2) is 64.0 Å². The van der Waals surface area contributed by atoms with Gasteiger partial charge in [0.25, 0.3) is 5.91 Å². The van der Waals surface area contributed by atoms with Gasteiger partial charge in [0.15, 0.2) is 6.10 Å². The van der Waals surface area contributed by atoms with Crippen molar-refractivity contribution in [2.45, 2.75) is 51.2 Å². The Bertz CT molecular complexity index is 1040. The van der Waals surface area contributed by atoms with E-state index in [1.165, 1.54) is 18.6 Å². The molecule has 0 bridgehead atoms. The highest BCUT2D eigenvalue weighted by Gasteiger charge is 2.47. The van der Waals surface area contributed by atoms with E-state index in [0.29, 0.717) is 6.42 Å². The predicted molar refractivity (Wildman–Crippen MR) is 124 cm³/mol. The van der Waals surface area contributed by atoms with Crippen molar-refractivity contribution in [2.24, 2.45) is 5.92 Å². The lowest BCUT2D eigenvalue weighted by atomic mass is 9.74. The van der Waals surface area contributed by atoms with Crippen LogP contribution in [0.3, 0.4) is 0 Å². The van der Waals surface area contributed by atoms with Crippen molar-refractivity contribution in [3.8, 4) is 0 Å². The van der Waals surface area contributed by atoms with Gasteiger partial charge >= 0.3 is 19.1 Å². The minimum atomic E-state index is -1.25. The number of hydrogen-bond acceptors (Lipinski definition) is 8. The Labute approximate surface area is 202 Å². The van der Waals surface area contributed by atoms with Gasteiger partial charge in [-0.2, -0.15) is 0 Å². The summed E-state index contributed by atoms with van der Waals surface area (Å²) in [5, 5.41) is 14.5. The summed E-state index contributed by atoms with van der Waals surface area (Å²) in [6, 6.07) is 8.18. The molecular formula is C23H27BN4O7. The van der Waals surface area contributed by atoms with E-state index in [1.807, 2.05) is 44.2 Å². The first-order valence-corrected chi connectivity index (χ1v) is 11.2. The van der Waals surface area contributed by atoms with E-state index in [9.17, 15) is 19.2 Å². The van der Waals surface area contributed by atoms with Crippen molar-refractivity contribution in [3.05, 3.63) is 60.2 Å². The Kier molecular flexibility index (Phi) is 8.90. The molecule has 1 aromatic carbocycles. The van der Waals surface area contributed by atoms with Gasteiger partial charge in [-0.25, -0.2) is 4.98 Å². The summed E-state index contributed by atoms with van der Waals surface area (Å²) in [6.45, 7) is 3.84. The number of carboxylic acid groups (broad SMARTS) is 1. The van der Waals surface area contributed by atoms with Crippen LogP contribution in [0.4, 0.5) is 0 Å². The van der Waals surface area contributed by atoms with Gasteiger partial charge in [0.2, 0.25) is 5.91 Å². The summed E-state index contributed by atoms with van der Waals surface area (Å²) in [6.07, 6.45) is 2.90. The monoisotopic (exact) mass is 482 g/mol. The molecule has 11 nitrogen and oxygen atoms in total. The zero-order valence-electron chi connectivity index (χ0n) is 19.4. The Balaban J connectivity index is 1.77. The van der Waals surface area contributed by atoms with Gasteiger partial charge in [-0.3, -0.25) is 24.2 Å². The van der Waals surface area contributed by atoms with Crippen LogP contribution in [0.1, 0.15) is 42.7 Å². The van der Waals surface area contributed by atoms with Gasteiger partial charge in [0.05, 0.1) is 18.6 Å². The fraction of sp³-hybridized carbons (Fsp3) is 0.391. The largest absolute Gasteiger partial charge is 0.552 e. The third kappa shape index (κ3) is 7.61. The number of amides is 2. The van der Waals surface area contributed by atoms with Crippen molar-refractivity contribution in [1.82, 2.24) is 20.6 Å². The van der Waals surface area contributed by atoms with Crippen molar-refractivity contribution in [1.29, 1.82) is 0 Å². The summed E-state index contributed by atoms with van der Waals surface area (Å²) >= 11 is 0. The Hall–Kier alpha value is -3.80. The van der Waals surface area contributed by atoms with Gasteiger partial charge in [0.1, 0.15) is 11.7 Å². The van der Waals surface area contributed by atoms with Gasteiger partial charge in [-0.1, -0.05) is 44.2 Å². The molecule has 1 saturated heterocycles. The first kappa shape index (κ1) is 25.8. The van der Waals surface area contributed by atoms with Gasteiger partial charge in [0, 0.05) is 18.8 Å². The summed E-state index contributed by atoms with van der Waals surface area (Å²) < 4.78 is 10.8. The van der Waals surface area contributed by atoms with Crippen LogP contribution in [0.25, 0.3) is 0 Å². The fourth-order valence-electron chi connectivity index (χ4n) is 3.64. The van der Waals surface area contributed by atoms with E-state index in [-0.39, 0.29) is 18.0 Å². The topological polar surface area (TPSA) is 157 Å². The molecule has 2 unspecified atom stereocenters. The second-order valence-corrected chi connectivity index (χ2v) is 8.58. The average molecular weight is 482 g/mol. The van der Waals surface area contributed by atoms with Crippen LogP contribution < -0.4 is 10.6 Å². The van der Waals surface area contributed by atoms with Crippen molar-refractivity contribution in [2.75, 3.05) is 0 Å². The van der Waals surface area contributed by atoms with Crippen LogP contribution in [0.5, 0.6) is 0 Å². The molecule has 2 amide bonds. The lowest BCUT2D eigenvalue weighted by Crippen LogP contribution is -2.55. The average Bonchev–Trinajstić information content (AvgIpc) is 3.18. The number of nitrogens with zero attached hydrogens (tertiary/aromatic N) is 2. The highest BCUT2D eigenvalue weighted by molar-refractivity contribution is 6.51. The number of rotatable bonds is 11. The van der Waals surface area contributed by atoms with Crippen LogP contribution in [0.15, 0.2) is 48.9 Å². The summed E-state index contributed by atoms with van der Waals surface area (Å²) in [7, 11) is -1.15. The van der Waals surface area contributed by atoms with Crippen molar-refractivity contribution >= 4 is 30.9 Å². The van der Waals surface area contributed by atoms with Gasteiger partial charge in [-0.05, 0) is 17.9 Å². The van der Waals surface area contributed by atoms with Gasteiger partial charge in [-0.15, -0.1) is 0 Å². The molecule has 3 rings (SSSR count). The number of carboxylic acids is 1. The molecule has 0 radical (unpaired) electrons. The fourth-order valence-corrected chi connectivity index (χ4v) is 3.64. The molecule has 1 aliphatic heterocycles. The maximum atomic E-state index is 13.4. The summed E-state index contributed by atoms with van der Waals surface area (Å²) in [5.41, 5.74) is 0.874. The van der Waals surface area contributed by atoms with Crippen LogP contribution in [0.2, 0.25) is 0 Å². The molecule has 2 aromatic rings. The Morgan fingerprint density at radius 2 is 1.89 bits per heavy atom. The third-order valence-corrected chi connectivity index (χ3v) is 5.24. The van der Waals surface area contributed by atoms with Crippen LogP contribution >= 0.6 is 0 Å². The number of aliphatic carboxylic acids is 1. The number of carbonyl (C=O) groups excluding carboxylic acids is 3. The number of hydrogen-bond donors (Lipinski definition) is 3. The molecule has 35 heavy (non-hydrogen) atoms. The lowest BCUT2D eigenvalue weighted by molar-refractivity contribution is -0.145. The molecule has 0 aliphatic carbocycles. The third-order valence-electron chi connectivity index (χ3n) is 5.24. The van der Waals surface area contributed by atoms with E-state index < -0.39 is 55.4 Å².